The van der Waals surface area contributed by atoms with Crippen LogP contribution in [0.15, 0.2) is 46.3 Å². The summed E-state index contributed by atoms with van der Waals surface area (Å²) in [5.74, 6) is -1.29. The van der Waals surface area contributed by atoms with E-state index in [-0.39, 0.29) is 28.0 Å². The number of methoxy groups -OCH3 is 1. The quantitative estimate of drug-likeness (QED) is 0.728. The number of thioether (sulfide) groups is 1. The van der Waals surface area contributed by atoms with Crippen LogP contribution in [0.2, 0.25) is 5.02 Å². The number of hydrogen-bond acceptors (Lipinski definition) is 6. The number of ether oxygens (including phenoxy) is 1. The Morgan fingerprint density at radius 3 is 2.75 bits per heavy atom. The number of rotatable bonds is 4. The zero-order valence-electron chi connectivity index (χ0n) is 14.8. The number of amidine groups is 1. The van der Waals surface area contributed by atoms with E-state index in [0.29, 0.717) is 21.3 Å². The summed E-state index contributed by atoms with van der Waals surface area (Å²) < 4.78 is 5.07. The lowest BCUT2D eigenvalue weighted by molar-refractivity contribution is -0.121. The lowest BCUT2D eigenvalue weighted by atomic mass is 10.2. The number of nitrogens with zero attached hydrogens (tertiary/aromatic N) is 2. The molecule has 3 rings (SSSR count). The van der Waals surface area contributed by atoms with E-state index in [9.17, 15) is 14.7 Å². The van der Waals surface area contributed by atoms with E-state index < -0.39 is 5.97 Å². The van der Waals surface area contributed by atoms with Crippen LogP contribution in [0.5, 0.6) is 11.5 Å². The molecule has 0 saturated carbocycles. The molecule has 7 nitrogen and oxygen atoms in total. The fourth-order valence-corrected chi connectivity index (χ4v) is 3.66. The van der Waals surface area contributed by atoms with Gasteiger partial charge in [-0.25, -0.2) is 9.79 Å². The van der Waals surface area contributed by atoms with E-state index in [4.69, 9.17) is 21.4 Å². The molecule has 1 fully saturated rings. The second-order valence-electron chi connectivity index (χ2n) is 5.78. The molecule has 2 aromatic rings. The molecule has 1 aliphatic heterocycles. The maximum absolute atomic E-state index is 12.5. The summed E-state index contributed by atoms with van der Waals surface area (Å²) in [6.07, 6.45) is 1.62. The molecule has 0 aromatic heterocycles. The van der Waals surface area contributed by atoms with Crippen molar-refractivity contribution in [3.8, 4) is 11.5 Å². The van der Waals surface area contributed by atoms with Crippen LogP contribution >= 0.6 is 23.4 Å². The van der Waals surface area contributed by atoms with Gasteiger partial charge in [0, 0.05) is 7.05 Å². The molecule has 1 heterocycles. The zero-order valence-corrected chi connectivity index (χ0v) is 16.4. The minimum Gasteiger partial charge on any atom is -0.503 e. The minimum absolute atomic E-state index is 0.106. The summed E-state index contributed by atoms with van der Waals surface area (Å²) in [6.45, 7) is 0. The van der Waals surface area contributed by atoms with Crippen molar-refractivity contribution >= 4 is 52.2 Å². The van der Waals surface area contributed by atoms with E-state index >= 15 is 0 Å². The van der Waals surface area contributed by atoms with Crippen LogP contribution in [0.1, 0.15) is 15.9 Å². The van der Waals surface area contributed by atoms with Gasteiger partial charge in [-0.3, -0.25) is 9.69 Å². The first-order valence-electron chi connectivity index (χ1n) is 7.96. The lowest BCUT2D eigenvalue weighted by Gasteiger charge is -2.07. The van der Waals surface area contributed by atoms with Crippen LogP contribution in [-0.2, 0) is 4.79 Å². The Morgan fingerprint density at radius 2 is 2.07 bits per heavy atom. The number of benzene rings is 2. The Bertz CT molecular complexity index is 1030. The topological polar surface area (TPSA) is 99.4 Å². The number of carboxylic acids is 1. The number of carbonyl (C=O) groups excluding carboxylic acids is 1. The first-order chi connectivity index (χ1) is 13.3. The van der Waals surface area contributed by atoms with Gasteiger partial charge in [-0.05, 0) is 53.7 Å². The first kappa shape index (κ1) is 19.8. The van der Waals surface area contributed by atoms with Crippen molar-refractivity contribution in [2.24, 2.45) is 4.99 Å². The summed E-state index contributed by atoms with van der Waals surface area (Å²) >= 11 is 7.14. The van der Waals surface area contributed by atoms with Gasteiger partial charge in [-0.15, -0.1) is 0 Å². The predicted molar refractivity (Wildman–Crippen MR) is 109 cm³/mol. The first-order valence-corrected chi connectivity index (χ1v) is 9.15. The van der Waals surface area contributed by atoms with E-state index in [1.54, 1.807) is 31.3 Å². The van der Waals surface area contributed by atoms with Crippen molar-refractivity contribution in [1.29, 1.82) is 0 Å². The molecule has 0 spiro atoms. The monoisotopic (exact) mass is 418 g/mol. The van der Waals surface area contributed by atoms with Gasteiger partial charge >= 0.3 is 5.97 Å². The molecule has 144 valence electrons. The highest BCUT2D eigenvalue weighted by Gasteiger charge is 2.30. The van der Waals surface area contributed by atoms with Gasteiger partial charge in [0.05, 0.1) is 28.3 Å². The highest BCUT2D eigenvalue weighted by atomic mass is 35.5. The van der Waals surface area contributed by atoms with Crippen LogP contribution in [0.4, 0.5) is 5.69 Å². The van der Waals surface area contributed by atoms with Crippen LogP contribution in [0.3, 0.4) is 0 Å². The molecular weight excluding hydrogens is 404 g/mol. The normalized spacial score (nSPS) is 16.8. The second kappa shape index (κ2) is 7.95. The molecule has 0 aliphatic carbocycles. The summed E-state index contributed by atoms with van der Waals surface area (Å²) in [7, 11) is 2.99. The third-order valence-corrected chi connectivity index (χ3v) is 5.24. The van der Waals surface area contributed by atoms with Gasteiger partial charge in [0.2, 0.25) is 0 Å². The van der Waals surface area contributed by atoms with Gasteiger partial charge in [0.25, 0.3) is 5.91 Å². The molecule has 28 heavy (non-hydrogen) atoms. The van der Waals surface area contributed by atoms with Crippen molar-refractivity contribution in [1.82, 2.24) is 4.90 Å². The van der Waals surface area contributed by atoms with Crippen LogP contribution in [-0.4, -0.2) is 46.3 Å². The highest BCUT2D eigenvalue weighted by molar-refractivity contribution is 8.18. The third kappa shape index (κ3) is 3.97. The molecule has 0 radical (unpaired) electrons. The van der Waals surface area contributed by atoms with Crippen molar-refractivity contribution in [2.75, 3.05) is 14.2 Å². The van der Waals surface area contributed by atoms with Gasteiger partial charge < -0.3 is 14.9 Å². The maximum Gasteiger partial charge on any atom is 0.335 e. The summed E-state index contributed by atoms with van der Waals surface area (Å²) in [4.78, 5) is 29.8. The van der Waals surface area contributed by atoms with E-state index in [1.807, 2.05) is 0 Å². The molecular formula is C19H15ClN2O5S. The van der Waals surface area contributed by atoms with Gasteiger partial charge in [0.15, 0.2) is 16.7 Å². The second-order valence-corrected chi connectivity index (χ2v) is 7.19. The molecule has 2 N–H and O–H groups in total. The van der Waals surface area contributed by atoms with Crippen molar-refractivity contribution in [3.63, 3.8) is 0 Å². The molecule has 0 unspecified atom stereocenters. The minimum atomic E-state index is -1.05. The van der Waals surface area contributed by atoms with Crippen LogP contribution < -0.4 is 4.74 Å². The number of aromatic carboxylic acids is 1. The molecule has 0 bridgehead atoms. The van der Waals surface area contributed by atoms with Crippen molar-refractivity contribution in [3.05, 3.63) is 57.5 Å². The number of aromatic hydroxyl groups is 1. The zero-order chi connectivity index (χ0) is 20.4. The Balaban J connectivity index is 1.94. The number of phenols is 1. The molecule has 1 aliphatic rings. The number of likely N-dealkylation sites (N-methyl/N-ethyl adjacent to an activating group) is 1. The molecule has 1 saturated heterocycles. The maximum atomic E-state index is 12.5. The van der Waals surface area contributed by atoms with E-state index in [2.05, 4.69) is 4.99 Å². The smallest absolute Gasteiger partial charge is 0.335 e. The third-order valence-electron chi connectivity index (χ3n) is 3.89. The Kier molecular flexibility index (Phi) is 5.62. The summed E-state index contributed by atoms with van der Waals surface area (Å²) in [6, 6.07) is 9.23. The van der Waals surface area contributed by atoms with Gasteiger partial charge in [-0.1, -0.05) is 17.7 Å². The average molecular weight is 419 g/mol. The predicted octanol–water partition coefficient (Wildman–Crippen LogP) is 3.99. The van der Waals surface area contributed by atoms with E-state index in [1.165, 1.54) is 30.2 Å². The highest BCUT2D eigenvalue weighted by Crippen LogP contribution is 2.38. The van der Waals surface area contributed by atoms with Crippen LogP contribution in [0, 0.1) is 0 Å². The van der Waals surface area contributed by atoms with Gasteiger partial charge in [0.1, 0.15) is 0 Å². The van der Waals surface area contributed by atoms with Gasteiger partial charge in [-0.2, -0.15) is 0 Å². The molecule has 0 atom stereocenters. The Labute approximate surface area is 169 Å². The largest absolute Gasteiger partial charge is 0.503 e. The number of hydrogen-bond donors (Lipinski definition) is 2. The summed E-state index contributed by atoms with van der Waals surface area (Å²) in [5.41, 5.74) is 1.12. The average Bonchev–Trinajstić information content (AvgIpc) is 2.92. The Hall–Kier alpha value is -2.97. The SMILES string of the molecule is COc1cc(C=C2SC(=Nc3cccc(C(=O)O)c3)N(C)C2=O)cc(Cl)c1O. The fourth-order valence-electron chi connectivity index (χ4n) is 2.45. The van der Waals surface area contributed by atoms with Crippen molar-refractivity contribution < 1.29 is 24.5 Å². The number of halogens is 1. The van der Waals surface area contributed by atoms with Crippen molar-refractivity contribution in [2.45, 2.75) is 0 Å². The molecule has 1 amide bonds. The number of amides is 1. The Morgan fingerprint density at radius 1 is 1.32 bits per heavy atom. The lowest BCUT2D eigenvalue weighted by Crippen LogP contribution is -2.23. The number of phenolic OH excluding ortho intramolecular Hbond substituents is 1. The van der Waals surface area contributed by atoms with Crippen LogP contribution in [0.25, 0.3) is 6.08 Å². The fraction of sp³-hybridized carbons (Fsp3) is 0.105. The number of aliphatic imine (C=N–C) groups is 1. The summed E-state index contributed by atoms with van der Waals surface area (Å²) in [5, 5.41) is 19.4. The number of carbonyl (C=O) groups is 2. The molecule has 2 aromatic carbocycles. The standard InChI is InChI=1S/C19H15ClN2O5S/c1-22-17(24)15(8-10-6-13(20)16(23)14(7-10)27-2)28-19(22)21-12-5-3-4-11(9-12)18(25)26/h3-9,23H,1-2H3,(H,25,26). The molecule has 9 heteroatoms. The number of carboxylic acid groups (broad SMARTS) is 1. The van der Waals surface area contributed by atoms with E-state index in [0.717, 1.165) is 11.8 Å².